The number of methoxy groups -OCH3 is 1. The van der Waals surface area contributed by atoms with Crippen molar-refractivity contribution < 1.29 is 14.3 Å². The quantitative estimate of drug-likeness (QED) is 0.598. The Morgan fingerprint density at radius 2 is 1.52 bits per heavy atom. The molecule has 1 aliphatic rings. The summed E-state index contributed by atoms with van der Waals surface area (Å²) in [5, 5.41) is 3.24. The normalized spacial score (nSPS) is 13.7. The highest BCUT2D eigenvalue weighted by Gasteiger charge is 2.41. The van der Waals surface area contributed by atoms with E-state index in [1.807, 2.05) is 63.2 Å². The number of carbonyl (C=O) groups is 2. The van der Waals surface area contributed by atoms with Gasteiger partial charge in [-0.1, -0.05) is 54.1 Å². The van der Waals surface area contributed by atoms with Crippen molar-refractivity contribution in [1.29, 1.82) is 0 Å². The van der Waals surface area contributed by atoms with Crippen LogP contribution in [0.25, 0.3) is 5.57 Å². The Kier molecular flexibility index (Phi) is 5.34. The maximum absolute atomic E-state index is 13.7. The van der Waals surface area contributed by atoms with Crippen LogP contribution in [0.15, 0.2) is 72.4 Å². The van der Waals surface area contributed by atoms with Crippen molar-refractivity contribution in [3.05, 3.63) is 94.7 Å². The van der Waals surface area contributed by atoms with E-state index in [9.17, 15) is 9.59 Å². The van der Waals surface area contributed by atoms with Crippen LogP contribution < -0.4 is 15.0 Å². The van der Waals surface area contributed by atoms with Crippen LogP contribution in [0.4, 0.5) is 11.4 Å². The fraction of sp³-hybridized carbons (Fsp3) is 0.154. The fourth-order valence-corrected chi connectivity index (χ4v) is 3.87. The molecule has 1 N–H and O–H groups in total. The van der Waals surface area contributed by atoms with Crippen molar-refractivity contribution in [1.82, 2.24) is 0 Å². The van der Waals surface area contributed by atoms with Gasteiger partial charge < -0.3 is 10.1 Å². The molecule has 3 aromatic carbocycles. The molecule has 0 saturated heterocycles. The minimum atomic E-state index is -0.410. The van der Waals surface area contributed by atoms with E-state index in [1.54, 1.807) is 24.3 Å². The van der Waals surface area contributed by atoms with Crippen LogP contribution in [-0.4, -0.2) is 18.9 Å². The van der Waals surface area contributed by atoms with Gasteiger partial charge in [-0.15, -0.1) is 0 Å². The van der Waals surface area contributed by atoms with E-state index in [0.717, 1.165) is 27.9 Å². The van der Waals surface area contributed by atoms with E-state index in [4.69, 9.17) is 4.74 Å². The summed E-state index contributed by atoms with van der Waals surface area (Å²) in [6.07, 6.45) is 0. The number of rotatable bonds is 5. The second kappa shape index (κ2) is 8.11. The van der Waals surface area contributed by atoms with Crippen LogP contribution in [0.3, 0.4) is 0 Å². The number of amides is 2. The Morgan fingerprint density at radius 3 is 2.23 bits per heavy atom. The molecule has 4 rings (SSSR count). The van der Waals surface area contributed by atoms with E-state index in [1.165, 1.54) is 12.0 Å². The molecule has 1 heterocycles. The van der Waals surface area contributed by atoms with Gasteiger partial charge >= 0.3 is 0 Å². The second-order valence-corrected chi connectivity index (χ2v) is 7.63. The largest absolute Gasteiger partial charge is 0.495 e. The lowest BCUT2D eigenvalue weighted by molar-refractivity contribution is -0.120. The summed E-state index contributed by atoms with van der Waals surface area (Å²) in [4.78, 5) is 28.4. The van der Waals surface area contributed by atoms with Crippen LogP contribution in [0.5, 0.6) is 5.75 Å². The fourth-order valence-electron chi connectivity index (χ4n) is 3.87. The summed E-state index contributed by atoms with van der Waals surface area (Å²) in [5.41, 5.74) is 5.56. The zero-order valence-electron chi connectivity index (χ0n) is 18.0. The van der Waals surface area contributed by atoms with Crippen molar-refractivity contribution in [3.63, 3.8) is 0 Å². The van der Waals surface area contributed by atoms with E-state index in [-0.39, 0.29) is 11.6 Å². The Morgan fingerprint density at radius 1 is 0.806 bits per heavy atom. The van der Waals surface area contributed by atoms with Crippen LogP contribution in [0, 0.1) is 20.8 Å². The molecule has 0 spiro atoms. The first-order valence-electron chi connectivity index (χ1n) is 10.1. The van der Waals surface area contributed by atoms with Crippen molar-refractivity contribution in [2.24, 2.45) is 0 Å². The van der Waals surface area contributed by atoms with Gasteiger partial charge in [0.1, 0.15) is 11.4 Å². The summed E-state index contributed by atoms with van der Waals surface area (Å²) < 4.78 is 5.42. The highest BCUT2D eigenvalue weighted by Crippen LogP contribution is 2.38. The van der Waals surface area contributed by atoms with Gasteiger partial charge in [-0.2, -0.15) is 0 Å². The number of anilines is 2. The van der Waals surface area contributed by atoms with Gasteiger partial charge in [0.15, 0.2) is 0 Å². The molecule has 0 aromatic heterocycles. The maximum Gasteiger partial charge on any atom is 0.282 e. The number of imide groups is 1. The molecule has 0 saturated carbocycles. The Hall–Kier alpha value is -3.86. The lowest BCUT2D eigenvalue weighted by Crippen LogP contribution is -2.32. The number of carbonyl (C=O) groups excluding carboxylic acids is 2. The molecule has 0 radical (unpaired) electrons. The van der Waals surface area contributed by atoms with E-state index < -0.39 is 5.91 Å². The molecule has 2 amide bonds. The van der Waals surface area contributed by atoms with Crippen molar-refractivity contribution in [2.45, 2.75) is 20.8 Å². The third kappa shape index (κ3) is 3.59. The summed E-state index contributed by atoms with van der Waals surface area (Å²) >= 11 is 0. The molecule has 0 aliphatic carbocycles. The van der Waals surface area contributed by atoms with E-state index in [0.29, 0.717) is 17.0 Å². The lowest BCUT2D eigenvalue weighted by Gasteiger charge is -2.18. The number of para-hydroxylation sites is 3. The Bertz CT molecular complexity index is 1230. The Labute approximate surface area is 182 Å². The highest BCUT2D eigenvalue weighted by atomic mass is 16.5. The number of hydrogen-bond acceptors (Lipinski definition) is 4. The molecule has 5 nitrogen and oxygen atoms in total. The summed E-state index contributed by atoms with van der Waals surface area (Å²) in [7, 11) is 1.52. The molecule has 156 valence electrons. The van der Waals surface area contributed by atoms with Crippen LogP contribution in [0.2, 0.25) is 0 Å². The summed E-state index contributed by atoms with van der Waals surface area (Å²) in [5.74, 6) is -0.327. The topological polar surface area (TPSA) is 58.6 Å². The van der Waals surface area contributed by atoms with Gasteiger partial charge in [0.05, 0.1) is 18.4 Å². The van der Waals surface area contributed by atoms with Gasteiger partial charge in [0.2, 0.25) is 0 Å². The van der Waals surface area contributed by atoms with Gasteiger partial charge in [-0.05, 0) is 55.7 Å². The molecule has 5 heteroatoms. The first-order valence-corrected chi connectivity index (χ1v) is 10.1. The number of benzene rings is 3. The molecule has 1 aliphatic heterocycles. The van der Waals surface area contributed by atoms with Crippen LogP contribution in [-0.2, 0) is 9.59 Å². The predicted molar refractivity (Wildman–Crippen MR) is 123 cm³/mol. The molecule has 0 bridgehead atoms. The molecule has 0 atom stereocenters. The Balaban J connectivity index is 1.90. The number of nitrogens with one attached hydrogen (secondary N) is 1. The lowest BCUT2D eigenvalue weighted by atomic mass is 9.97. The average Bonchev–Trinajstić information content (AvgIpc) is 2.99. The first kappa shape index (κ1) is 20.4. The third-order valence-electron chi connectivity index (χ3n) is 5.47. The maximum atomic E-state index is 13.7. The average molecular weight is 412 g/mol. The summed E-state index contributed by atoms with van der Waals surface area (Å²) in [6.45, 7) is 5.91. The summed E-state index contributed by atoms with van der Waals surface area (Å²) in [6, 6.07) is 20.6. The highest BCUT2D eigenvalue weighted by molar-refractivity contribution is 6.46. The van der Waals surface area contributed by atoms with Crippen molar-refractivity contribution >= 4 is 28.8 Å². The van der Waals surface area contributed by atoms with E-state index in [2.05, 4.69) is 5.32 Å². The number of ether oxygens (including phenoxy) is 1. The van der Waals surface area contributed by atoms with Gasteiger partial charge in [-0.25, -0.2) is 4.90 Å². The van der Waals surface area contributed by atoms with E-state index >= 15 is 0 Å². The van der Waals surface area contributed by atoms with Gasteiger partial charge in [-0.3, -0.25) is 9.59 Å². The third-order valence-corrected chi connectivity index (χ3v) is 5.47. The predicted octanol–water partition coefficient (Wildman–Crippen LogP) is 5.02. The first-order chi connectivity index (χ1) is 14.9. The number of aryl methyl sites for hydroxylation is 3. The molecular weight excluding hydrogens is 388 g/mol. The zero-order valence-corrected chi connectivity index (χ0v) is 18.0. The van der Waals surface area contributed by atoms with Crippen LogP contribution >= 0.6 is 0 Å². The molecule has 0 fully saturated rings. The second-order valence-electron chi connectivity index (χ2n) is 7.63. The van der Waals surface area contributed by atoms with Crippen molar-refractivity contribution in [3.8, 4) is 5.75 Å². The van der Waals surface area contributed by atoms with Gasteiger partial charge in [0, 0.05) is 5.69 Å². The van der Waals surface area contributed by atoms with Crippen LogP contribution in [0.1, 0.15) is 22.3 Å². The monoisotopic (exact) mass is 412 g/mol. The number of hydrogen-bond donors (Lipinski definition) is 1. The minimum Gasteiger partial charge on any atom is -0.495 e. The standard InChI is InChI=1S/C26H24N2O3/c1-16-13-14-19(18(3)15-16)23-24(27-20-10-6-5-9-17(20)2)26(30)28(25(23)29)21-11-7-8-12-22(21)31-4/h5-15,27H,1-4H3. The molecule has 31 heavy (non-hydrogen) atoms. The minimum absolute atomic E-state index is 0.261. The smallest absolute Gasteiger partial charge is 0.282 e. The molecular formula is C26H24N2O3. The van der Waals surface area contributed by atoms with Gasteiger partial charge in [0.25, 0.3) is 11.8 Å². The molecule has 3 aromatic rings. The zero-order chi connectivity index (χ0) is 22.1. The molecule has 0 unspecified atom stereocenters. The SMILES string of the molecule is COc1ccccc1N1C(=O)C(Nc2ccccc2C)=C(c2ccc(C)cc2C)C1=O. The van der Waals surface area contributed by atoms with Crippen molar-refractivity contribution in [2.75, 3.05) is 17.3 Å². The number of nitrogens with zero attached hydrogens (tertiary/aromatic N) is 1.